The summed E-state index contributed by atoms with van der Waals surface area (Å²) in [5, 5.41) is 17.9. The molecule has 0 radical (unpaired) electrons. The molecule has 1 aromatic carbocycles. The molecule has 0 atom stereocenters. The van der Waals surface area contributed by atoms with E-state index in [0.717, 1.165) is 28.3 Å². The third-order valence-corrected chi connectivity index (χ3v) is 9.17. The van der Waals surface area contributed by atoms with Gasteiger partial charge in [-0.15, -0.1) is 5.10 Å². The van der Waals surface area contributed by atoms with E-state index < -0.39 is 29.1 Å². The highest BCUT2D eigenvalue weighted by atomic mass is 35.5. The first kappa shape index (κ1) is 34.0. The van der Waals surface area contributed by atoms with Gasteiger partial charge in [-0.2, -0.15) is 22.7 Å². The number of hydrogen-bond donors (Lipinski definition) is 2. The smallest absolute Gasteiger partial charge is 0.416 e. The fourth-order valence-corrected chi connectivity index (χ4v) is 6.52. The summed E-state index contributed by atoms with van der Waals surface area (Å²) in [7, 11) is 0. The van der Waals surface area contributed by atoms with E-state index in [0.29, 0.717) is 42.1 Å². The van der Waals surface area contributed by atoms with Gasteiger partial charge in [0, 0.05) is 26.2 Å². The van der Waals surface area contributed by atoms with Gasteiger partial charge in [-0.1, -0.05) is 24.6 Å². The highest BCUT2D eigenvalue weighted by Gasteiger charge is 2.32. The van der Waals surface area contributed by atoms with Crippen LogP contribution in [0, 0.1) is 0 Å². The second-order valence-corrected chi connectivity index (χ2v) is 12.3. The van der Waals surface area contributed by atoms with Crippen molar-refractivity contribution < 1.29 is 37.0 Å². The molecule has 0 unspecified atom stereocenters. The van der Waals surface area contributed by atoms with Gasteiger partial charge in [-0.25, -0.2) is 4.98 Å². The van der Waals surface area contributed by atoms with Crippen molar-refractivity contribution in [3.8, 4) is 5.75 Å². The first-order valence-corrected chi connectivity index (χ1v) is 16.4. The maximum absolute atomic E-state index is 14.2. The lowest BCUT2D eigenvalue weighted by molar-refractivity contribution is -0.137. The van der Waals surface area contributed by atoms with Crippen molar-refractivity contribution >= 4 is 57.1 Å². The zero-order chi connectivity index (χ0) is 36.0. The van der Waals surface area contributed by atoms with Crippen LogP contribution >= 0.6 is 11.6 Å². The topological polar surface area (TPSA) is 160 Å². The Labute approximate surface area is 291 Å². The lowest BCUT2D eigenvalue weighted by atomic mass is 10.1. The summed E-state index contributed by atoms with van der Waals surface area (Å²) < 4.78 is 52.9. The summed E-state index contributed by atoms with van der Waals surface area (Å²) in [6.45, 7) is 3.06. The molecule has 7 rings (SSSR count). The Kier molecular flexibility index (Phi) is 8.93. The number of carbonyl (C=O) groups is 2. The van der Waals surface area contributed by atoms with Crippen molar-refractivity contribution in [2.75, 3.05) is 49.6 Å². The summed E-state index contributed by atoms with van der Waals surface area (Å²) in [5.41, 5.74) is 0.265. The van der Waals surface area contributed by atoms with Gasteiger partial charge in [0.2, 0.25) is 11.7 Å². The number of aromatic hydroxyl groups is 1. The van der Waals surface area contributed by atoms with Crippen LogP contribution in [0.4, 0.5) is 24.5 Å². The number of benzene rings is 1. The maximum atomic E-state index is 14.2. The fraction of sp³-hybridized carbons (Fsp3) is 0.333. The average molecular weight is 727 g/mol. The number of carbonyl (C=O) groups excluding carboxylic acids is 2. The van der Waals surface area contributed by atoms with Crippen molar-refractivity contribution in [3.63, 3.8) is 0 Å². The molecule has 1 fully saturated rings. The number of alkyl halides is 3. The first-order chi connectivity index (χ1) is 24.4. The SMILES string of the molecule is CCc1c(N2CCN(C(=O)c3ncc4occc4c3O)CC2)c(=O)n2nc(C3=CCOCC3)nc2n1CC(=O)Nc1ccc(C(F)(F)F)cc1Cl. The summed E-state index contributed by atoms with van der Waals surface area (Å²) in [6.07, 6.45) is 0.766. The molecule has 0 spiro atoms. The molecule has 14 nitrogen and oxygen atoms in total. The molecule has 2 aliphatic rings. The number of anilines is 2. The Hall–Kier alpha value is -5.42. The highest BCUT2D eigenvalue weighted by molar-refractivity contribution is 6.33. The van der Waals surface area contributed by atoms with Crippen LogP contribution < -0.4 is 15.8 Å². The fourth-order valence-electron chi connectivity index (χ4n) is 6.29. The Morgan fingerprint density at radius 2 is 1.92 bits per heavy atom. The Bertz CT molecular complexity index is 2270. The van der Waals surface area contributed by atoms with Gasteiger partial charge in [0.25, 0.3) is 11.5 Å². The predicted molar refractivity (Wildman–Crippen MR) is 179 cm³/mol. The Balaban J connectivity index is 1.21. The van der Waals surface area contributed by atoms with Gasteiger partial charge >= 0.3 is 6.18 Å². The normalized spacial score (nSPS) is 15.4. The summed E-state index contributed by atoms with van der Waals surface area (Å²) in [4.78, 5) is 53.2. The third kappa shape index (κ3) is 6.38. The quantitative estimate of drug-likeness (QED) is 0.247. The van der Waals surface area contributed by atoms with Gasteiger partial charge in [-0.05, 0) is 42.7 Å². The molecule has 0 bridgehead atoms. The molecule has 6 heterocycles. The van der Waals surface area contributed by atoms with Crippen molar-refractivity contribution in [3.05, 3.63) is 81.0 Å². The van der Waals surface area contributed by atoms with Gasteiger partial charge in [0.1, 0.15) is 12.2 Å². The number of nitrogens with zero attached hydrogens (tertiary/aromatic N) is 7. The number of hydrogen-bond acceptors (Lipinski definition) is 10. The highest BCUT2D eigenvalue weighted by Crippen LogP contribution is 2.34. The number of piperazine rings is 1. The lowest BCUT2D eigenvalue weighted by Crippen LogP contribution is -2.51. The van der Waals surface area contributed by atoms with Crippen LogP contribution in [0.5, 0.6) is 5.75 Å². The van der Waals surface area contributed by atoms with E-state index in [1.807, 2.05) is 17.9 Å². The zero-order valence-electron chi connectivity index (χ0n) is 27.0. The van der Waals surface area contributed by atoms with Gasteiger partial charge in [0.05, 0.1) is 53.0 Å². The average Bonchev–Trinajstić information content (AvgIpc) is 3.79. The van der Waals surface area contributed by atoms with Gasteiger partial charge < -0.3 is 33.9 Å². The van der Waals surface area contributed by atoms with Crippen LogP contribution in [0.1, 0.15) is 40.9 Å². The number of halogens is 4. The molecule has 266 valence electrons. The van der Waals surface area contributed by atoms with Crippen molar-refractivity contribution in [2.24, 2.45) is 0 Å². The number of fused-ring (bicyclic) bond motifs is 2. The predicted octanol–water partition coefficient (Wildman–Crippen LogP) is 4.38. The number of amides is 2. The second kappa shape index (κ2) is 13.4. The maximum Gasteiger partial charge on any atom is 0.416 e. The summed E-state index contributed by atoms with van der Waals surface area (Å²) in [6, 6.07) is 4.17. The van der Waals surface area contributed by atoms with Crippen LogP contribution in [-0.4, -0.2) is 85.4 Å². The minimum absolute atomic E-state index is 0.0206. The van der Waals surface area contributed by atoms with Crippen LogP contribution in [0.25, 0.3) is 22.3 Å². The molecule has 5 aromatic rings. The van der Waals surface area contributed by atoms with Crippen LogP contribution in [0.2, 0.25) is 5.02 Å². The zero-order valence-corrected chi connectivity index (χ0v) is 27.8. The van der Waals surface area contributed by atoms with E-state index in [-0.39, 0.29) is 72.8 Å². The third-order valence-electron chi connectivity index (χ3n) is 8.85. The molecule has 18 heteroatoms. The van der Waals surface area contributed by atoms with Crippen molar-refractivity contribution in [2.45, 2.75) is 32.5 Å². The second-order valence-electron chi connectivity index (χ2n) is 11.9. The van der Waals surface area contributed by atoms with E-state index in [1.54, 1.807) is 10.6 Å². The number of aromatic nitrogens is 5. The van der Waals surface area contributed by atoms with Crippen LogP contribution in [0.3, 0.4) is 0 Å². The number of pyridine rings is 1. The molecule has 2 amide bonds. The first-order valence-electron chi connectivity index (χ1n) is 16.0. The van der Waals surface area contributed by atoms with E-state index in [1.165, 1.54) is 17.4 Å². The number of ether oxygens (including phenoxy) is 1. The van der Waals surface area contributed by atoms with E-state index in [9.17, 15) is 32.7 Å². The molecule has 51 heavy (non-hydrogen) atoms. The molecular formula is C33H30ClF3N8O6. The van der Waals surface area contributed by atoms with Gasteiger partial charge in [0.15, 0.2) is 22.9 Å². The molecular weight excluding hydrogens is 697 g/mol. The van der Waals surface area contributed by atoms with Gasteiger partial charge in [-0.3, -0.25) is 14.4 Å². The molecule has 4 aromatic heterocycles. The molecule has 0 aliphatic carbocycles. The summed E-state index contributed by atoms with van der Waals surface area (Å²) >= 11 is 6.11. The molecule has 2 aliphatic heterocycles. The van der Waals surface area contributed by atoms with Crippen LogP contribution in [-0.2, 0) is 28.7 Å². The number of rotatable bonds is 7. The lowest BCUT2D eigenvalue weighted by Gasteiger charge is -2.36. The van der Waals surface area contributed by atoms with E-state index in [2.05, 4.69) is 20.4 Å². The molecule has 2 N–H and O–H groups in total. The largest absolute Gasteiger partial charge is 0.505 e. The van der Waals surface area contributed by atoms with Crippen LogP contribution in [0.15, 0.2) is 52.0 Å². The monoisotopic (exact) mass is 726 g/mol. The minimum Gasteiger partial charge on any atom is -0.505 e. The summed E-state index contributed by atoms with van der Waals surface area (Å²) in [5.74, 6) is -1.00. The van der Waals surface area contributed by atoms with E-state index >= 15 is 0 Å². The standard InChI is InChI=1S/C33H30ClF3N8O6/c1-2-23-27(42-8-10-43(11-9-42)30(48)26-28(47)20-7-14-51-24(20)16-38-26)31(49)45-32(40-29(41-45)18-5-12-50-13-6-18)44(23)17-25(46)39-22-4-3-19(15-21(22)34)33(35,36)37/h3-5,7,14-16,47H,2,6,8-13,17H2,1H3,(H,39,46). The number of furan rings is 1. The minimum atomic E-state index is -4.61. The van der Waals surface area contributed by atoms with E-state index in [4.69, 9.17) is 20.8 Å². The van der Waals surface area contributed by atoms with Crippen molar-refractivity contribution in [1.29, 1.82) is 0 Å². The van der Waals surface area contributed by atoms with Crippen molar-refractivity contribution in [1.82, 2.24) is 29.0 Å². The molecule has 0 saturated carbocycles. The molecule has 1 saturated heterocycles. The Morgan fingerprint density at radius 1 is 1.14 bits per heavy atom. The number of nitrogens with one attached hydrogen (secondary N) is 1. The Morgan fingerprint density at radius 3 is 2.61 bits per heavy atom.